The van der Waals surface area contributed by atoms with Crippen molar-refractivity contribution in [1.82, 2.24) is 20.0 Å². The Hall–Kier alpha value is -2.10. The molecule has 2 unspecified atom stereocenters. The highest BCUT2D eigenvalue weighted by atomic mass is 127. The first-order valence-corrected chi connectivity index (χ1v) is 8.98. The van der Waals surface area contributed by atoms with Gasteiger partial charge in [-0.1, -0.05) is 30.3 Å². The maximum absolute atomic E-state index is 12.6. The van der Waals surface area contributed by atoms with Crippen molar-refractivity contribution >= 4 is 41.5 Å². The molecule has 2 atom stereocenters. The molecule has 2 aliphatic rings. The van der Waals surface area contributed by atoms with Gasteiger partial charge in [0.1, 0.15) is 6.54 Å². The molecule has 1 N–H and O–H groups in total. The van der Waals surface area contributed by atoms with E-state index < -0.39 is 0 Å². The van der Waals surface area contributed by atoms with Gasteiger partial charge in [-0.3, -0.25) is 14.5 Å². The standard InChI is InChI=1S/C19H24N6O.HI/c1-20-19(22-17-10-16(17)14-6-4-3-5-7-14)24-8-9-25(18(26)13-24)15-11-21-23(2)12-15;/h3-7,11-12,16-17H,8-10,13H2,1-2H3,(H,20,22);1H. The van der Waals surface area contributed by atoms with Crippen LogP contribution in [-0.2, 0) is 11.8 Å². The van der Waals surface area contributed by atoms with Crippen LogP contribution in [0, 0.1) is 0 Å². The molecule has 27 heavy (non-hydrogen) atoms. The lowest BCUT2D eigenvalue weighted by Gasteiger charge is -2.35. The Morgan fingerprint density at radius 1 is 1.26 bits per heavy atom. The molecule has 4 rings (SSSR count). The van der Waals surface area contributed by atoms with Gasteiger partial charge in [-0.15, -0.1) is 24.0 Å². The Balaban J connectivity index is 0.00000210. The van der Waals surface area contributed by atoms with Crippen molar-refractivity contribution in [2.24, 2.45) is 12.0 Å². The Bertz CT molecular complexity index is 821. The van der Waals surface area contributed by atoms with Gasteiger partial charge in [0.2, 0.25) is 5.91 Å². The van der Waals surface area contributed by atoms with Gasteiger partial charge in [0.05, 0.1) is 11.9 Å². The van der Waals surface area contributed by atoms with Gasteiger partial charge in [0.15, 0.2) is 5.96 Å². The van der Waals surface area contributed by atoms with E-state index in [0.717, 1.165) is 24.6 Å². The van der Waals surface area contributed by atoms with E-state index in [0.29, 0.717) is 25.0 Å². The fourth-order valence-corrected chi connectivity index (χ4v) is 3.56. The van der Waals surface area contributed by atoms with Gasteiger partial charge in [-0.25, -0.2) is 0 Å². The van der Waals surface area contributed by atoms with Crippen LogP contribution >= 0.6 is 24.0 Å². The zero-order valence-corrected chi connectivity index (χ0v) is 17.9. The third-order valence-corrected chi connectivity index (χ3v) is 5.07. The van der Waals surface area contributed by atoms with E-state index in [4.69, 9.17) is 0 Å². The second-order valence-electron chi connectivity index (χ2n) is 6.89. The zero-order chi connectivity index (χ0) is 18.1. The van der Waals surface area contributed by atoms with Crippen molar-refractivity contribution in [1.29, 1.82) is 0 Å². The summed E-state index contributed by atoms with van der Waals surface area (Å²) in [6.45, 7) is 1.72. The molecule has 2 fully saturated rings. The van der Waals surface area contributed by atoms with Crippen LogP contribution in [0.25, 0.3) is 0 Å². The van der Waals surface area contributed by atoms with Crippen LogP contribution in [0.4, 0.5) is 5.69 Å². The molecular formula is C19H25IN6O. The number of guanidine groups is 1. The van der Waals surface area contributed by atoms with Crippen LogP contribution < -0.4 is 10.2 Å². The topological polar surface area (TPSA) is 65.8 Å². The van der Waals surface area contributed by atoms with Crippen LogP contribution in [0.15, 0.2) is 47.7 Å². The number of hydrogen-bond donors (Lipinski definition) is 1. The Labute approximate surface area is 176 Å². The predicted molar refractivity (Wildman–Crippen MR) is 117 cm³/mol. The Morgan fingerprint density at radius 3 is 2.67 bits per heavy atom. The minimum Gasteiger partial charge on any atom is -0.353 e. The minimum atomic E-state index is 0. The lowest BCUT2D eigenvalue weighted by atomic mass is 10.1. The van der Waals surface area contributed by atoms with Gasteiger partial charge in [0, 0.05) is 45.3 Å². The minimum absolute atomic E-state index is 0. The van der Waals surface area contributed by atoms with E-state index in [2.05, 4.69) is 39.7 Å². The molecule has 1 saturated carbocycles. The molecule has 0 radical (unpaired) electrons. The fraction of sp³-hybridized carbons (Fsp3) is 0.421. The molecule has 144 valence electrons. The van der Waals surface area contributed by atoms with Crippen molar-refractivity contribution in [2.45, 2.75) is 18.4 Å². The summed E-state index contributed by atoms with van der Waals surface area (Å²) in [5.74, 6) is 1.41. The number of aromatic nitrogens is 2. The number of anilines is 1. The molecule has 1 saturated heterocycles. The molecule has 0 bridgehead atoms. The van der Waals surface area contributed by atoms with Crippen LogP contribution in [0.2, 0.25) is 0 Å². The number of amides is 1. The number of rotatable bonds is 3. The monoisotopic (exact) mass is 480 g/mol. The van der Waals surface area contributed by atoms with E-state index in [1.807, 2.05) is 24.2 Å². The zero-order valence-electron chi connectivity index (χ0n) is 15.6. The van der Waals surface area contributed by atoms with Crippen molar-refractivity contribution in [3.63, 3.8) is 0 Å². The van der Waals surface area contributed by atoms with Crippen LogP contribution in [0.5, 0.6) is 0 Å². The summed E-state index contributed by atoms with van der Waals surface area (Å²) in [5.41, 5.74) is 2.21. The van der Waals surface area contributed by atoms with Gasteiger partial charge in [-0.05, 0) is 12.0 Å². The van der Waals surface area contributed by atoms with E-state index in [-0.39, 0.29) is 29.9 Å². The Kier molecular flexibility index (Phi) is 6.03. The molecule has 8 heteroatoms. The van der Waals surface area contributed by atoms with Crippen molar-refractivity contribution in [3.05, 3.63) is 48.3 Å². The summed E-state index contributed by atoms with van der Waals surface area (Å²) in [7, 11) is 3.63. The number of hydrogen-bond acceptors (Lipinski definition) is 3. The third-order valence-electron chi connectivity index (χ3n) is 5.07. The molecule has 1 amide bonds. The summed E-state index contributed by atoms with van der Waals surface area (Å²) < 4.78 is 1.71. The van der Waals surface area contributed by atoms with Crippen molar-refractivity contribution in [3.8, 4) is 0 Å². The van der Waals surface area contributed by atoms with E-state index >= 15 is 0 Å². The second-order valence-corrected chi connectivity index (χ2v) is 6.89. The Morgan fingerprint density at radius 2 is 2.04 bits per heavy atom. The summed E-state index contributed by atoms with van der Waals surface area (Å²) >= 11 is 0. The number of carbonyl (C=O) groups excluding carboxylic acids is 1. The molecule has 1 aromatic carbocycles. The molecule has 1 aromatic heterocycles. The number of nitrogens with zero attached hydrogens (tertiary/aromatic N) is 5. The molecule has 1 aliphatic carbocycles. The van der Waals surface area contributed by atoms with Gasteiger partial charge in [0.25, 0.3) is 0 Å². The van der Waals surface area contributed by atoms with Gasteiger partial charge in [-0.2, -0.15) is 5.10 Å². The number of halogens is 1. The maximum atomic E-state index is 12.6. The maximum Gasteiger partial charge on any atom is 0.246 e. The molecule has 7 nitrogen and oxygen atoms in total. The first kappa shape index (κ1) is 19.7. The summed E-state index contributed by atoms with van der Waals surface area (Å²) in [4.78, 5) is 20.8. The molecule has 2 heterocycles. The highest BCUT2D eigenvalue weighted by molar-refractivity contribution is 14.0. The predicted octanol–water partition coefficient (Wildman–Crippen LogP) is 1.82. The largest absolute Gasteiger partial charge is 0.353 e. The second kappa shape index (κ2) is 8.28. The molecular weight excluding hydrogens is 455 g/mol. The average molecular weight is 480 g/mol. The molecule has 1 aliphatic heterocycles. The van der Waals surface area contributed by atoms with Crippen LogP contribution in [0.3, 0.4) is 0 Å². The molecule has 0 spiro atoms. The number of piperazine rings is 1. The quantitative estimate of drug-likeness (QED) is 0.414. The normalized spacial score (nSPS) is 22.4. The van der Waals surface area contributed by atoms with E-state index in [1.165, 1.54) is 5.56 Å². The summed E-state index contributed by atoms with van der Waals surface area (Å²) in [6.07, 6.45) is 4.71. The third kappa shape index (κ3) is 4.26. The summed E-state index contributed by atoms with van der Waals surface area (Å²) in [6, 6.07) is 10.9. The molecule has 2 aromatic rings. The smallest absolute Gasteiger partial charge is 0.246 e. The lowest BCUT2D eigenvalue weighted by molar-refractivity contribution is -0.120. The SMILES string of the molecule is CN=C(NC1CC1c1ccccc1)N1CCN(c2cnn(C)c2)C(=O)C1.I. The number of nitrogens with one attached hydrogen (secondary N) is 1. The highest BCUT2D eigenvalue weighted by Crippen LogP contribution is 2.40. The first-order valence-electron chi connectivity index (χ1n) is 8.98. The number of aryl methyl sites for hydroxylation is 1. The van der Waals surface area contributed by atoms with Gasteiger partial charge >= 0.3 is 0 Å². The first-order chi connectivity index (χ1) is 12.7. The fourth-order valence-electron chi connectivity index (χ4n) is 3.56. The number of aliphatic imine (C=N–C) groups is 1. The highest BCUT2D eigenvalue weighted by Gasteiger charge is 2.40. The number of benzene rings is 1. The van der Waals surface area contributed by atoms with Crippen LogP contribution in [-0.4, -0.2) is 59.3 Å². The lowest BCUT2D eigenvalue weighted by Crippen LogP contribution is -2.55. The van der Waals surface area contributed by atoms with Gasteiger partial charge < -0.3 is 15.1 Å². The van der Waals surface area contributed by atoms with Crippen molar-refractivity contribution in [2.75, 3.05) is 31.6 Å². The number of carbonyl (C=O) groups is 1. The van der Waals surface area contributed by atoms with Crippen molar-refractivity contribution < 1.29 is 4.79 Å². The summed E-state index contributed by atoms with van der Waals surface area (Å²) in [5, 5.41) is 7.68. The van der Waals surface area contributed by atoms with E-state index in [9.17, 15) is 4.79 Å². The van der Waals surface area contributed by atoms with Crippen LogP contribution in [0.1, 0.15) is 17.9 Å². The average Bonchev–Trinajstić information content (AvgIpc) is 3.31. The van der Waals surface area contributed by atoms with E-state index in [1.54, 1.807) is 22.8 Å².